The lowest BCUT2D eigenvalue weighted by Gasteiger charge is -2.29. The third kappa shape index (κ3) is 3.50. The lowest BCUT2D eigenvalue weighted by molar-refractivity contribution is -0.131. The van der Waals surface area contributed by atoms with E-state index >= 15 is 0 Å². The summed E-state index contributed by atoms with van der Waals surface area (Å²) in [6, 6.07) is 12.5. The molecule has 0 N–H and O–H groups in total. The highest BCUT2D eigenvalue weighted by molar-refractivity contribution is 7.99. The monoisotopic (exact) mass is 317 g/mol. The fourth-order valence-electron chi connectivity index (χ4n) is 2.56. The van der Waals surface area contributed by atoms with Crippen LogP contribution < -0.4 is 0 Å². The highest BCUT2D eigenvalue weighted by Gasteiger charge is 2.25. The van der Waals surface area contributed by atoms with Crippen molar-refractivity contribution in [3.63, 3.8) is 0 Å². The zero-order valence-corrected chi connectivity index (χ0v) is 13.8. The average molecular weight is 317 g/mol. The lowest BCUT2D eigenvalue weighted by atomic mass is 10.1. The van der Waals surface area contributed by atoms with Gasteiger partial charge in [0.05, 0.1) is 5.25 Å². The molecule has 3 rings (SSSR count). The van der Waals surface area contributed by atoms with Crippen molar-refractivity contribution in [2.75, 3.05) is 6.54 Å². The van der Waals surface area contributed by atoms with Gasteiger partial charge in [0.1, 0.15) is 0 Å². The van der Waals surface area contributed by atoms with Crippen LogP contribution in [0.25, 0.3) is 0 Å². The number of benzene rings is 1. The summed E-state index contributed by atoms with van der Waals surface area (Å²) in [5.41, 5.74) is 2.61. The molecule has 1 aliphatic heterocycles. The molecule has 21 heavy (non-hydrogen) atoms. The Morgan fingerprint density at radius 2 is 2.14 bits per heavy atom. The minimum atomic E-state index is 0.0189. The molecular weight excluding hydrogens is 298 g/mol. The molecule has 110 valence electrons. The minimum Gasteiger partial charge on any atom is -0.337 e. The van der Waals surface area contributed by atoms with Crippen molar-refractivity contribution in [3.05, 3.63) is 57.8 Å². The first-order valence-electron chi connectivity index (χ1n) is 7.23. The standard InChI is InChI=1S/C17H19NOS2/c1-13(21-12-14-5-3-2-4-6-14)17(19)18-9-7-16-15(11-18)8-10-20-16/h2-6,8,10,13H,7,9,11-12H2,1H3. The van der Waals surface area contributed by atoms with E-state index in [0.717, 1.165) is 25.3 Å². The molecule has 2 heterocycles. The number of carbonyl (C=O) groups is 1. The van der Waals surface area contributed by atoms with Crippen LogP contribution in [-0.4, -0.2) is 22.6 Å². The molecule has 1 amide bonds. The molecule has 0 spiro atoms. The lowest BCUT2D eigenvalue weighted by Crippen LogP contribution is -2.39. The van der Waals surface area contributed by atoms with Gasteiger partial charge in [-0.1, -0.05) is 30.3 Å². The second kappa shape index (κ2) is 6.67. The van der Waals surface area contributed by atoms with Crippen LogP contribution in [0.5, 0.6) is 0 Å². The molecule has 1 unspecified atom stereocenters. The maximum Gasteiger partial charge on any atom is 0.235 e. The van der Waals surface area contributed by atoms with E-state index in [9.17, 15) is 4.79 Å². The summed E-state index contributed by atoms with van der Waals surface area (Å²) in [7, 11) is 0. The zero-order chi connectivity index (χ0) is 14.7. The fourth-order valence-corrected chi connectivity index (χ4v) is 4.38. The predicted molar refractivity (Wildman–Crippen MR) is 90.6 cm³/mol. The number of hydrogen-bond acceptors (Lipinski definition) is 3. The molecule has 0 bridgehead atoms. The van der Waals surface area contributed by atoms with Crippen molar-refractivity contribution in [2.24, 2.45) is 0 Å². The SMILES string of the molecule is CC(SCc1ccccc1)C(=O)N1CCc2sccc2C1. The number of rotatable bonds is 4. The van der Waals surface area contributed by atoms with E-state index in [0.29, 0.717) is 0 Å². The Labute approximate surface area is 134 Å². The summed E-state index contributed by atoms with van der Waals surface area (Å²) in [6.45, 7) is 3.68. The summed E-state index contributed by atoms with van der Waals surface area (Å²) in [5.74, 6) is 1.17. The van der Waals surface area contributed by atoms with Crippen molar-refractivity contribution >= 4 is 29.0 Å². The molecule has 0 fully saturated rings. The van der Waals surface area contributed by atoms with E-state index in [1.165, 1.54) is 16.0 Å². The Morgan fingerprint density at radius 3 is 2.95 bits per heavy atom. The molecule has 1 aliphatic rings. The van der Waals surface area contributed by atoms with Crippen LogP contribution in [0, 0.1) is 0 Å². The maximum absolute atomic E-state index is 12.6. The van der Waals surface area contributed by atoms with Crippen molar-refractivity contribution in [2.45, 2.75) is 30.9 Å². The number of thioether (sulfide) groups is 1. The van der Waals surface area contributed by atoms with E-state index in [4.69, 9.17) is 0 Å². The van der Waals surface area contributed by atoms with Gasteiger partial charge in [0.15, 0.2) is 0 Å². The Kier molecular flexibility index (Phi) is 4.66. The van der Waals surface area contributed by atoms with Crippen LogP contribution in [-0.2, 0) is 23.5 Å². The highest BCUT2D eigenvalue weighted by Crippen LogP contribution is 2.26. The molecule has 0 aliphatic carbocycles. The largest absolute Gasteiger partial charge is 0.337 e. The Bertz CT molecular complexity index is 608. The van der Waals surface area contributed by atoms with Crippen molar-refractivity contribution in [1.82, 2.24) is 4.90 Å². The number of amides is 1. The van der Waals surface area contributed by atoms with E-state index in [-0.39, 0.29) is 11.2 Å². The van der Waals surface area contributed by atoms with Crippen molar-refractivity contribution in [1.29, 1.82) is 0 Å². The molecule has 1 aromatic carbocycles. The first kappa shape index (κ1) is 14.7. The van der Waals surface area contributed by atoms with Crippen molar-refractivity contribution < 1.29 is 4.79 Å². The van der Waals surface area contributed by atoms with E-state index in [2.05, 4.69) is 23.6 Å². The normalized spacial score (nSPS) is 15.6. The van der Waals surface area contributed by atoms with Gasteiger partial charge in [0, 0.05) is 23.7 Å². The predicted octanol–water partition coefficient (Wildman–Crippen LogP) is 3.95. The summed E-state index contributed by atoms with van der Waals surface area (Å²) in [5, 5.41) is 2.15. The molecule has 1 aromatic heterocycles. The second-order valence-corrected chi connectivity index (χ2v) is 7.65. The van der Waals surface area contributed by atoms with Gasteiger partial charge in [-0.25, -0.2) is 0 Å². The van der Waals surface area contributed by atoms with Gasteiger partial charge in [-0.3, -0.25) is 4.79 Å². The van der Waals surface area contributed by atoms with Crippen LogP contribution >= 0.6 is 23.1 Å². The third-order valence-corrected chi connectivity index (χ3v) is 6.03. The van der Waals surface area contributed by atoms with Crippen LogP contribution in [0.15, 0.2) is 41.8 Å². The Hall–Kier alpha value is -1.26. The van der Waals surface area contributed by atoms with Crippen molar-refractivity contribution in [3.8, 4) is 0 Å². The quantitative estimate of drug-likeness (QED) is 0.851. The molecular formula is C17H19NOS2. The van der Waals surface area contributed by atoms with Gasteiger partial charge in [-0.15, -0.1) is 23.1 Å². The smallest absolute Gasteiger partial charge is 0.235 e. The summed E-state index contributed by atoms with van der Waals surface area (Å²) >= 11 is 3.54. The van der Waals surface area contributed by atoms with E-state index in [1.807, 2.05) is 41.4 Å². The third-order valence-electron chi connectivity index (χ3n) is 3.81. The topological polar surface area (TPSA) is 20.3 Å². The van der Waals surface area contributed by atoms with Crippen LogP contribution in [0.1, 0.15) is 22.9 Å². The number of carbonyl (C=O) groups excluding carboxylic acids is 1. The van der Waals surface area contributed by atoms with Crippen LogP contribution in [0.3, 0.4) is 0 Å². The van der Waals surface area contributed by atoms with Gasteiger partial charge >= 0.3 is 0 Å². The van der Waals surface area contributed by atoms with Gasteiger partial charge in [-0.05, 0) is 35.9 Å². The highest BCUT2D eigenvalue weighted by atomic mass is 32.2. The average Bonchev–Trinajstić information content (AvgIpc) is 3.00. The number of nitrogens with zero attached hydrogens (tertiary/aromatic N) is 1. The van der Waals surface area contributed by atoms with Gasteiger partial charge in [0.2, 0.25) is 5.91 Å². The Balaban J connectivity index is 1.55. The summed E-state index contributed by atoms with van der Waals surface area (Å²) < 4.78 is 0. The van der Waals surface area contributed by atoms with Gasteiger partial charge in [0.25, 0.3) is 0 Å². The van der Waals surface area contributed by atoms with Gasteiger partial charge in [-0.2, -0.15) is 0 Å². The number of hydrogen-bond donors (Lipinski definition) is 0. The first-order valence-corrected chi connectivity index (χ1v) is 9.16. The van der Waals surface area contributed by atoms with Gasteiger partial charge < -0.3 is 4.90 Å². The molecule has 1 atom stereocenters. The molecule has 0 saturated heterocycles. The number of thiophene rings is 1. The van der Waals surface area contributed by atoms with E-state index in [1.54, 1.807) is 11.8 Å². The fraction of sp³-hybridized carbons (Fsp3) is 0.353. The summed E-state index contributed by atoms with van der Waals surface area (Å²) in [4.78, 5) is 16.0. The molecule has 4 heteroatoms. The Morgan fingerprint density at radius 1 is 1.33 bits per heavy atom. The minimum absolute atomic E-state index is 0.0189. The van der Waals surface area contributed by atoms with E-state index < -0.39 is 0 Å². The molecule has 0 radical (unpaired) electrons. The maximum atomic E-state index is 12.6. The first-order chi connectivity index (χ1) is 10.2. The van der Waals surface area contributed by atoms with Crippen LogP contribution in [0.2, 0.25) is 0 Å². The number of fused-ring (bicyclic) bond motifs is 1. The molecule has 2 nitrogen and oxygen atoms in total. The second-order valence-electron chi connectivity index (χ2n) is 5.32. The molecule has 2 aromatic rings. The molecule has 0 saturated carbocycles. The zero-order valence-electron chi connectivity index (χ0n) is 12.1. The van der Waals surface area contributed by atoms with Crippen LogP contribution in [0.4, 0.5) is 0 Å². The summed E-state index contributed by atoms with van der Waals surface area (Å²) in [6.07, 6.45) is 1.01.